The van der Waals surface area contributed by atoms with E-state index in [0.717, 1.165) is 21.0 Å². The summed E-state index contributed by atoms with van der Waals surface area (Å²) in [4.78, 5) is 16.8. The largest absolute Gasteiger partial charge is 0.497 e. The van der Waals surface area contributed by atoms with E-state index in [1.165, 1.54) is 6.08 Å². The lowest BCUT2D eigenvalue weighted by Gasteiger charge is -1.99. The van der Waals surface area contributed by atoms with Crippen molar-refractivity contribution in [2.75, 3.05) is 7.11 Å². The predicted molar refractivity (Wildman–Crippen MR) is 104 cm³/mol. The van der Waals surface area contributed by atoms with Crippen LogP contribution >= 0.6 is 11.3 Å². The van der Waals surface area contributed by atoms with E-state index in [0.29, 0.717) is 17.1 Å². The number of aromatic nitrogens is 1. The minimum atomic E-state index is -0.0920. The Labute approximate surface area is 154 Å². The molecule has 128 valence electrons. The summed E-state index contributed by atoms with van der Waals surface area (Å²) in [5.74, 6) is 1.94. The summed E-state index contributed by atoms with van der Waals surface area (Å²) in [7, 11) is 1.59. The molecule has 0 aliphatic rings. The maximum atomic E-state index is 12.2. The first-order chi connectivity index (χ1) is 12.7. The molecule has 0 N–H and O–H groups in total. The van der Waals surface area contributed by atoms with Crippen molar-refractivity contribution in [3.8, 4) is 16.5 Å². The predicted octanol–water partition coefficient (Wildman–Crippen LogP) is 5.46. The van der Waals surface area contributed by atoms with Gasteiger partial charge in [0.05, 0.1) is 17.3 Å². The molecule has 2 aromatic carbocycles. The number of nitrogens with zero attached hydrogens (tertiary/aromatic N) is 1. The maximum absolute atomic E-state index is 12.2. The van der Waals surface area contributed by atoms with Crippen molar-refractivity contribution >= 4 is 33.4 Å². The van der Waals surface area contributed by atoms with Crippen molar-refractivity contribution in [1.29, 1.82) is 0 Å². The normalized spacial score (nSPS) is 11.3. The molecule has 5 heteroatoms. The van der Waals surface area contributed by atoms with Crippen LogP contribution in [0.2, 0.25) is 0 Å². The van der Waals surface area contributed by atoms with Crippen molar-refractivity contribution in [3.05, 3.63) is 78.1 Å². The van der Waals surface area contributed by atoms with E-state index < -0.39 is 0 Å². The molecule has 0 atom stereocenters. The van der Waals surface area contributed by atoms with Crippen LogP contribution in [0, 0.1) is 0 Å². The van der Waals surface area contributed by atoms with Crippen LogP contribution in [0.4, 0.5) is 0 Å². The Bertz CT molecular complexity index is 1060. The van der Waals surface area contributed by atoms with Gasteiger partial charge in [-0.3, -0.25) is 4.79 Å². The Morgan fingerprint density at radius 3 is 2.65 bits per heavy atom. The third-order valence-electron chi connectivity index (χ3n) is 3.90. The number of ether oxygens (including phenoxy) is 1. The van der Waals surface area contributed by atoms with Crippen molar-refractivity contribution in [2.24, 2.45) is 0 Å². The molecule has 0 aliphatic carbocycles. The first-order valence-electron chi connectivity index (χ1n) is 8.05. The van der Waals surface area contributed by atoms with Crippen LogP contribution in [0.5, 0.6) is 5.75 Å². The first-order valence-corrected chi connectivity index (χ1v) is 8.87. The third-order valence-corrected chi connectivity index (χ3v) is 4.96. The first kappa shape index (κ1) is 16.3. The molecule has 2 heterocycles. The molecule has 2 aromatic heterocycles. The Hall–Kier alpha value is -3.18. The van der Waals surface area contributed by atoms with E-state index in [1.807, 2.05) is 36.4 Å². The highest BCUT2D eigenvalue weighted by atomic mass is 32.1. The molecular weight excluding hydrogens is 346 g/mol. The second-order valence-electron chi connectivity index (χ2n) is 5.61. The molecule has 0 saturated heterocycles. The molecule has 4 aromatic rings. The van der Waals surface area contributed by atoms with E-state index in [9.17, 15) is 4.79 Å². The maximum Gasteiger partial charge on any atom is 0.185 e. The molecule has 0 fully saturated rings. The van der Waals surface area contributed by atoms with Gasteiger partial charge in [0.2, 0.25) is 0 Å². The van der Waals surface area contributed by atoms with Crippen LogP contribution in [0.25, 0.3) is 27.1 Å². The van der Waals surface area contributed by atoms with Gasteiger partial charge in [-0.2, -0.15) is 0 Å². The molecule has 4 nitrogen and oxygen atoms in total. The van der Waals surface area contributed by atoms with Gasteiger partial charge in [-0.15, -0.1) is 11.3 Å². The average molecular weight is 361 g/mol. The van der Waals surface area contributed by atoms with Gasteiger partial charge in [0.25, 0.3) is 0 Å². The van der Waals surface area contributed by atoms with Crippen molar-refractivity contribution in [2.45, 2.75) is 0 Å². The number of fused-ring (bicyclic) bond motifs is 1. The lowest BCUT2D eigenvalue weighted by atomic mass is 10.1. The molecule has 0 spiro atoms. The highest BCUT2D eigenvalue weighted by Crippen LogP contribution is 2.31. The minimum Gasteiger partial charge on any atom is -0.497 e. The Kier molecular flexibility index (Phi) is 4.37. The summed E-state index contributed by atoms with van der Waals surface area (Å²) in [6, 6.07) is 18.7. The van der Waals surface area contributed by atoms with Gasteiger partial charge < -0.3 is 9.15 Å². The van der Waals surface area contributed by atoms with Crippen molar-refractivity contribution < 1.29 is 13.9 Å². The third kappa shape index (κ3) is 3.30. The highest BCUT2D eigenvalue weighted by Gasteiger charge is 2.10. The van der Waals surface area contributed by atoms with Crippen LogP contribution in [-0.2, 0) is 0 Å². The number of methoxy groups -OCH3 is 1. The lowest BCUT2D eigenvalue weighted by molar-refractivity contribution is 0.104. The van der Waals surface area contributed by atoms with E-state index >= 15 is 0 Å². The summed E-state index contributed by atoms with van der Waals surface area (Å²) in [5, 5.41) is 0.826. The minimum absolute atomic E-state index is 0.0920. The molecule has 0 amide bonds. The van der Waals surface area contributed by atoms with E-state index in [1.54, 1.807) is 48.8 Å². The Balaban J connectivity index is 1.52. The quantitative estimate of drug-likeness (QED) is 0.350. The molecule has 0 bridgehead atoms. The zero-order chi connectivity index (χ0) is 17.9. The number of carbonyl (C=O) groups excluding carboxylic acids is 1. The topological polar surface area (TPSA) is 52.3 Å². The van der Waals surface area contributed by atoms with Gasteiger partial charge in [0.15, 0.2) is 16.6 Å². The van der Waals surface area contributed by atoms with Crippen LogP contribution in [0.15, 0.2) is 71.2 Å². The fourth-order valence-corrected chi connectivity index (χ4v) is 3.47. The monoisotopic (exact) mass is 361 g/mol. The summed E-state index contributed by atoms with van der Waals surface area (Å²) in [5.41, 5.74) is 1.55. The van der Waals surface area contributed by atoms with Crippen molar-refractivity contribution in [3.63, 3.8) is 0 Å². The number of para-hydroxylation sites is 1. The summed E-state index contributed by atoms with van der Waals surface area (Å²) < 4.78 is 12.0. The molecule has 0 aliphatic heterocycles. The number of benzene rings is 2. The number of carbonyl (C=O) groups is 1. The molecule has 0 saturated carbocycles. The smallest absolute Gasteiger partial charge is 0.185 e. The molecular formula is C21H15NO3S. The van der Waals surface area contributed by atoms with Gasteiger partial charge in [0.1, 0.15) is 11.5 Å². The fourth-order valence-electron chi connectivity index (χ4n) is 2.54. The van der Waals surface area contributed by atoms with Gasteiger partial charge in [-0.25, -0.2) is 4.98 Å². The molecule has 4 rings (SSSR count). The van der Waals surface area contributed by atoms with Gasteiger partial charge in [-0.1, -0.05) is 12.1 Å². The van der Waals surface area contributed by atoms with E-state index in [-0.39, 0.29) is 5.78 Å². The second kappa shape index (κ2) is 6.98. The van der Waals surface area contributed by atoms with Gasteiger partial charge in [0, 0.05) is 5.56 Å². The standard InChI is InChI=1S/C21H15NO3S/c1-24-15-8-6-14(7-9-15)18(23)12-10-16-11-13-19(25-16)21-22-17-4-2-3-5-20(17)26-21/h2-13H,1H3/b12-10+. The zero-order valence-electron chi connectivity index (χ0n) is 14.0. The van der Waals surface area contributed by atoms with Gasteiger partial charge >= 0.3 is 0 Å². The highest BCUT2D eigenvalue weighted by molar-refractivity contribution is 7.21. The number of hydrogen-bond donors (Lipinski definition) is 0. The SMILES string of the molecule is COc1ccc(C(=O)/C=C/c2ccc(-c3nc4ccccc4s3)o2)cc1. The number of allylic oxidation sites excluding steroid dienone is 1. The van der Waals surface area contributed by atoms with Crippen LogP contribution < -0.4 is 4.74 Å². The average Bonchev–Trinajstić information content (AvgIpc) is 3.32. The molecule has 0 radical (unpaired) electrons. The molecule has 26 heavy (non-hydrogen) atoms. The number of hydrogen-bond acceptors (Lipinski definition) is 5. The lowest BCUT2D eigenvalue weighted by Crippen LogP contribution is -1.93. The Morgan fingerprint density at radius 1 is 1.08 bits per heavy atom. The summed E-state index contributed by atoms with van der Waals surface area (Å²) >= 11 is 1.58. The second-order valence-corrected chi connectivity index (χ2v) is 6.65. The number of ketones is 1. The van der Waals surface area contributed by atoms with E-state index in [4.69, 9.17) is 9.15 Å². The van der Waals surface area contributed by atoms with Gasteiger partial charge in [-0.05, 0) is 60.7 Å². The van der Waals surface area contributed by atoms with E-state index in [2.05, 4.69) is 4.98 Å². The zero-order valence-corrected chi connectivity index (χ0v) is 14.8. The number of thiazole rings is 1. The van der Waals surface area contributed by atoms with Crippen LogP contribution in [-0.4, -0.2) is 17.9 Å². The molecule has 0 unspecified atom stereocenters. The number of furan rings is 1. The van der Waals surface area contributed by atoms with Crippen LogP contribution in [0.3, 0.4) is 0 Å². The fraction of sp³-hybridized carbons (Fsp3) is 0.0476. The van der Waals surface area contributed by atoms with Crippen molar-refractivity contribution in [1.82, 2.24) is 4.98 Å². The summed E-state index contributed by atoms with van der Waals surface area (Å²) in [6.07, 6.45) is 3.17. The summed E-state index contributed by atoms with van der Waals surface area (Å²) in [6.45, 7) is 0. The number of rotatable bonds is 5. The Morgan fingerprint density at radius 2 is 1.88 bits per heavy atom. The van der Waals surface area contributed by atoms with Crippen LogP contribution in [0.1, 0.15) is 16.1 Å².